The molecule has 0 saturated heterocycles. The normalized spacial score (nSPS) is 29.5. The minimum absolute atomic E-state index is 0.190. The van der Waals surface area contributed by atoms with Crippen molar-refractivity contribution in [1.29, 1.82) is 0 Å². The number of aliphatic hydroxyl groups is 1. The van der Waals surface area contributed by atoms with Gasteiger partial charge in [-0.3, -0.25) is 4.79 Å². The van der Waals surface area contributed by atoms with E-state index in [9.17, 15) is 4.79 Å². The maximum Gasteiger partial charge on any atom is 0.312 e. The second kappa shape index (κ2) is 1.78. The Labute approximate surface area is 65.0 Å². The van der Waals surface area contributed by atoms with Gasteiger partial charge >= 0.3 is 5.97 Å². The first-order valence-electron chi connectivity index (χ1n) is 3.97. The van der Waals surface area contributed by atoms with E-state index in [1.165, 1.54) is 12.8 Å². The molecule has 2 N–H and O–H groups in total. The fourth-order valence-corrected chi connectivity index (χ4v) is 2.24. The minimum atomic E-state index is -0.822. The molecule has 0 heterocycles. The Balaban J connectivity index is 2.05. The van der Waals surface area contributed by atoms with E-state index in [4.69, 9.17) is 10.2 Å². The summed E-state index contributed by atoms with van der Waals surface area (Å²) >= 11 is 0. The third kappa shape index (κ3) is 0.805. The van der Waals surface area contributed by atoms with Crippen molar-refractivity contribution in [3.05, 3.63) is 0 Å². The van der Waals surface area contributed by atoms with Crippen LogP contribution in [-0.2, 0) is 4.79 Å². The molecular formula is C8H12O3. The maximum atomic E-state index is 10.7. The fraction of sp³-hybridized carbons (Fsp3) is 0.875. The molecular weight excluding hydrogens is 144 g/mol. The van der Waals surface area contributed by atoms with Crippen LogP contribution in [0, 0.1) is 10.8 Å². The lowest BCUT2D eigenvalue weighted by Gasteiger charge is -2.43. The van der Waals surface area contributed by atoms with E-state index >= 15 is 0 Å². The molecule has 3 heteroatoms. The van der Waals surface area contributed by atoms with Crippen LogP contribution in [0.3, 0.4) is 0 Å². The molecule has 0 unspecified atom stereocenters. The average molecular weight is 156 g/mol. The smallest absolute Gasteiger partial charge is 0.312 e. The number of carboxylic acids is 1. The summed E-state index contributed by atoms with van der Waals surface area (Å²) < 4.78 is 0. The van der Waals surface area contributed by atoms with Crippen molar-refractivity contribution in [2.75, 3.05) is 6.61 Å². The van der Waals surface area contributed by atoms with E-state index in [1.807, 2.05) is 0 Å². The van der Waals surface area contributed by atoms with Gasteiger partial charge in [-0.15, -0.1) is 0 Å². The SMILES string of the molecule is O=C(O)C1(CO)CC2(CC2)C1. The number of aliphatic carboxylic acids is 1. The summed E-state index contributed by atoms with van der Waals surface area (Å²) in [5, 5.41) is 17.7. The maximum absolute atomic E-state index is 10.7. The second-order valence-electron chi connectivity index (χ2n) is 4.10. The molecule has 0 radical (unpaired) electrons. The molecule has 0 aromatic heterocycles. The summed E-state index contributed by atoms with van der Waals surface area (Å²) in [6, 6.07) is 0. The van der Waals surface area contributed by atoms with E-state index < -0.39 is 11.4 Å². The molecule has 62 valence electrons. The van der Waals surface area contributed by atoms with Crippen LogP contribution in [0.25, 0.3) is 0 Å². The first-order chi connectivity index (χ1) is 5.13. The molecule has 1 spiro atoms. The van der Waals surface area contributed by atoms with Crippen LogP contribution in [0.15, 0.2) is 0 Å². The molecule has 2 aliphatic rings. The van der Waals surface area contributed by atoms with Crippen LogP contribution >= 0.6 is 0 Å². The standard InChI is InChI=1S/C8H12O3/c9-5-8(6(10)11)3-7(4-8)1-2-7/h9H,1-5H2,(H,10,11). The van der Waals surface area contributed by atoms with Crippen LogP contribution in [0.1, 0.15) is 25.7 Å². The van der Waals surface area contributed by atoms with Crippen molar-refractivity contribution in [3.8, 4) is 0 Å². The third-order valence-electron chi connectivity index (χ3n) is 3.14. The third-order valence-corrected chi connectivity index (χ3v) is 3.14. The zero-order valence-corrected chi connectivity index (χ0v) is 6.34. The quantitative estimate of drug-likeness (QED) is 0.616. The number of rotatable bonds is 2. The van der Waals surface area contributed by atoms with Crippen molar-refractivity contribution < 1.29 is 15.0 Å². The zero-order valence-electron chi connectivity index (χ0n) is 6.34. The Hall–Kier alpha value is -0.570. The van der Waals surface area contributed by atoms with Gasteiger partial charge < -0.3 is 10.2 Å². The van der Waals surface area contributed by atoms with Gasteiger partial charge in [0.2, 0.25) is 0 Å². The highest BCUT2D eigenvalue weighted by Crippen LogP contribution is 2.68. The first kappa shape index (κ1) is 7.10. The van der Waals surface area contributed by atoms with Gasteiger partial charge in [0.15, 0.2) is 0 Å². The number of aliphatic hydroxyl groups excluding tert-OH is 1. The molecule has 0 atom stereocenters. The molecule has 2 fully saturated rings. The summed E-state index contributed by atoms with van der Waals surface area (Å²) in [6.07, 6.45) is 3.74. The molecule has 2 aliphatic carbocycles. The predicted octanol–water partition coefficient (Wildman–Crippen LogP) is 0.624. The summed E-state index contributed by atoms with van der Waals surface area (Å²) in [4.78, 5) is 10.7. The molecule has 3 nitrogen and oxygen atoms in total. The topological polar surface area (TPSA) is 57.5 Å². The minimum Gasteiger partial charge on any atom is -0.481 e. The number of carboxylic acid groups (broad SMARTS) is 1. The molecule has 0 amide bonds. The number of carbonyl (C=O) groups is 1. The molecule has 0 bridgehead atoms. The lowest BCUT2D eigenvalue weighted by Crippen LogP contribution is -2.47. The number of hydrogen-bond donors (Lipinski definition) is 2. The molecule has 11 heavy (non-hydrogen) atoms. The van der Waals surface area contributed by atoms with Crippen LogP contribution in [0.2, 0.25) is 0 Å². The zero-order chi connectivity index (χ0) is 8.11. The lowest BCUT2D eigenvalue weighted by atomic mass is 9.60. The van der Waals surface area contributed by atoms with Crippen LogP contribution in [0.4, 0.5) is 0 Å². The largest absolute Gasteiger partial charge is 0.481 e. The van der Waals surface area contributed by atoms with Crippen molar-refractivity contribution >= 4 is 5.97 Å². The average Bonchev–Trinajstić information content (AvgIpc) is 2.61. The van der Waals surface area contributed by atoms with E-state index in [1.54, 1.807) is 0 Å². The van der Waals surface area contributed by atoms with Gasteiger partial charge in [-0.2, -0.15) is 0 Å². The molecule has 0 aromatic carbocycles. The Morgan fingerprint density at radius 2 is 1.91 bits per heavy atom. The van der Waals surface area contributed by atoms with Crippen molar-refractivity contribution in [1.82, 2.24) is 0 Å². The van der Waals surface area contributed by atoms with Gasteiger partial charge in [0.05, 0.1) is 12.0 Å². The van der Waals surface area contributed by atoms with Crippen LogP contribution in [-0.4, -0.2) is 22.8 Å². The molecule has 0 aromatic rings. The van der Waals surface area contributed by atoms with Gasteiger partial charge in [-0.05, 0) is 31.1 Å². The van der Waals surface area contributed by atoms with Gasteiger partial charge in [-0.1, -0.05) is 0 Å². The fourth-order valence-electron chi connectivity index (χ4n) is 2.24. The number of hydrogen-bond acceptors (Lipinski definition) is 2. The Morgan fingerprint density at radius 1 is 1.36 bits per heavy atom. The lowest BCUT2D eigenvalue weighted by molar-refractivity contribution is -0.164. The van der Waals surface area contributed by atoms with Crippen molar-refractivity contribution in [2.45, 2.75) is 25.7 Å². The Morgan fingerprint density at radius 3 is 2.18 bits per heavy atom. The predicted molar refractivity (Wildman–Crippen MR) is 38.1 cm³/mol. The van der Waals surface area contributed by atoms with E-state index in [-0.39, 0.29) is 6.61 Å². The van der Waals surface area contributed by atoms with Gasteiger partial charge in [0, 0.05) is 0 Å². The van der Waals surface area contributed by atoms with E-state index in [0.29, 0.717) is 18.3 Å². The summed E-state index contributed by atoms with van der Waals surface area (Å²) in [5.41, 5.74) is -0.419. The van der Waals surface area contributed by atoms with Crippen LogP contribution < -0.4 is 0 Å². The van der Waals surface area contributed by atoms with Crippen molar-refractivity contribution in [2.24, 2.45) is 10.8 Å². The Kier molecular flexibility index (Phi) is 1.15. The van der Waals surface area contributed by atoms with Gasteiger partial charge in [0.25, 0.3) is 0 Å². The molecule has 2 rings (SSSR count). The van der Waals surface area contributed by atoms with Gasteiger partial charge in [-0.25, -0.2) is 0 Å². The second-order valence-corrected chi connectivity index (χ2v) is 4.10. The summed E-state index contributed by atoms with van der Waals surface area (Å²) in [5.74, 6) is -0.822. The monoisotopic (exact) mass is 156 g/mol. The molecule has 0 aliphatic heterocycles. The highest BCUT2D eigenvalue weighted by molar-refractivity contribution is 5.76. The van der Waals surface area contributed by atoms with E-state index in [2.05, 4.69) is 0 Å². The highest BCUT2D eigenvalue weighted by Gasteiger charge is 2.64. The van der Waals surface area contributed by atoms with Crippen molar-refractivity contribution in [3.63, 3.8) is 0 Å². The summed E-state index contributed by atoms with van der Waals surface area (Å²) in [7, 11) is 0. The highest BCUT2D eigenvalue weighted by atomic mass is 16.4. The first-order valence-corrected chi connectivity index (χ1v) is 3.97. The van der Waals surface area contributed by atoms with E-state index in [0.717, 1.165) is 0 Å². The Bertz CT molecular complexity index is 197. The molecule has 2 saturated carbocycles. The summed E-state index contributed by atoms with van der Waals surface area (Å²) in [6.45, 7) is -0.190. The van der Waals surface area contributed by atoms with Gasteiger partial charge in [0.1, 0.15) is 0 Å². The van der Waals surface area contributed by atoms with Crippen LogP contribution in [0.5, 0.6) is 0 Å².